The number of rotatable bonds is 7. The number of nitrogens with two attached hydrogens (primary N) is 1. The Hall–Kier alpha value is -4.51. The fourth-order valence-electron chi connectivity index (χ4n) is 5.38. The Kier molecular flexibility index (Phi) is 7.89. The number of benzene rings is 3. The van der Waals surface area contributed by atoms with Crippen LogP contribution in [0.2, 0.25) is 0 Å². The molecule has 4 aromatic rings. The number of aromatic hydroxyl groups is 1. The van der Waals surface area contributed by atoms with E-state index in [0.29, 0.717) is 59.0 Å². The van der Waals surface area contributed by atoms with Gasteiger partial charge in [-0.15, -0.1) is 12.6 Å². The summed E-state index contributed by atoms with van der Waals surface area (Å²) in [6.07, 6.45) is 2.23. The molecule has 11 heteroatoms. The number of nitrogen functional groups attached to an aromatic ring is 1. The maximum absolute atomic E-state index is 15.5. The normalized spacial score (nSPS) is 15.6. The van der Waals surface area contributed by atoms with Gasteiger partial charge in [0, 0.05) is 40.0 Å². The summed E-state index contributed by atoms with van der Waals surface area (Å²) in [5.41, 5.74) is 8.31. The molecule has 1 aromatic heterocycles. The van der Waals surface area contributed by atoms with Crippen molar-refractivity contribution in [2.75, 3.05) is 22.9 Å². The van der Waals surface area contributed by atoms with Gasteiger partial charge in [0.1, 0.15) is 11.9 Å². The van der Waals surface area contributed by atoms with E-state index in [1.54, 1.807) is 53.6 Å². The Bertz CT molecular complexity index is 1650. The highest BCUT2D eigenvalue weighted by Gasteiger charge is 2.37. The number of aryl methyl sites for hydroxylation is 1. The fourth-order valence-corrected chi connectivity index (χ4v) is 5.67. The first-order chi connectivity index (χ1) is 19.7. The van der Waals surface area contributed by atoms with Crippen molar-refractivity contribution in [2.24, 2.45) is 0 Å². The molecular weight excluding hydrogens is 545 g/mol. The van der Waals surface area contributed by atoms with E-state index in [0.717, 1.165) is 10.8 Å². The zero-order valence-corrected chi connectivity index (χ0v) is 23.2. The molecule has 0 saturated carbocycles. The van der Waals surface area contributed by atoms with Crippen molar-refractivity contribution in [1.82, 2.24) is 9.88 Å². The second-order valence-corrected chi connectivity index (χ2v) is 10.5. The summed E-state index contributed by atoms with van der Waals surface area (Å²) in [5, 5.41) is 26.7. The van der Waals surface area contributed by atoms with Gasteiger partial charge in [-0.2, -0.15) is 0 Å². The molecule has 1 aliphatic rings. The molecule has 212 valence electrons. The van der Waals surface area contributed by atoms with Crippen LogP contribution < -0.4 is 16.4 Å². The SMILES string of the molecule is CCc1cc(O)c(F)c([C@@H](Nc2ccc3c(N)nccc3c2)C(=O)N2CCC[C@@H]2c2cc(NC(=O)O)ccc2S)c1. The summed E-state index contributed by atoms with van der Waals surface area (Å²) in [6, 6.07) is 13.4. The number of hydrogen-bond acceptors (Lipinski definition) is 7. The molecule has 6 N–H and O–H groups in total. The molecule has 41 heavy (non-hydrogen) atoms. The molecule has 3 aromatic carbocycles. The van der Waals surface area contributed by atoms with E-state index in [1.165, 1.54) is 6.07 Å². The van der Waals surface area contributed by atoms with Gasteiger partial charge >= 0.3 is 6.09 Å². The van der Waals surface area contributed by atoms with Gasteiger partial charge in [-0.3, -0.25) is 10.1 Å². The average molecular weight is 576 g/mol. The zero-order valence-electron chi connectivity index (χ0n) is 22.3. The number of fused-ring (bicyclic) bond motifs is 1. The molecule has 0 bridgehead atoms. The highest BCUT2D eigenvalue weighted by Crippen LogP contribution is 2.40. The highest BCUT2D eigenvalue weighted by atomic mass is 32.1. The van der Waals surface area contributed by atoms with Crippen LogP contribution in [-0.2, 0) is 11.2 Å². The molecule has 1 aliphatic heterocycles. The van der Waals surface area contributed by atoms with Gasteiger partial charge < -0.3 is 26.2 Å². The lowest BCUT2D eigenvalue weighted by Gasteiger charge is -2.31. The van der Waals surface area contributed by atoms with Crippen molar-refractivity contribution in [3.05, 3.63) is 83.3 Å². The number of halogens is 1. The monoisotopic (exact) mass is 575 g/mol. The van der Waals surface area contributed by atoms with E-state index >= 15 is 4.39 Å². The van der Waals surface area contributed by atoms with Crippen LogP contribution in [0.25, 0.3) is 10.8 Å². The first-order valence-corrected chi connectivity index (χ1v) is 13.7. The van der Waals surface area contributed by atoms with Gasteiger partial charge in [0.2, 0.25) is 5.91 Å². The van der Waals surface area contributed by atoms with Crippen molar-refractivity contribution >= 4 is 52.6 Å². The van der Waals surface area contributed by atoms with Crippen LogP contribution in [-0.4, -0.2) is 38.6 Å². The number of carboxylic acid groups (broad SMARTS) is 1. The van der Waals surface area contributed by atoms with E-state index in [9.17, 15) is 19.8 Å². The minimum Gasteiger partial charge on any atom is -0.505 e. The van der Waals surface area contributed by atoms with Gasteiger partial charge in [0.05, 0.1) is 6.04 Å². The molecule has 0 aliphatic carbocycles. The minimum atomic E-state index is -1.20. The van der Waals surface area contributed by atoms with E-state index in [-0.39, 0.29) is 5.56 Å². The molecule has 2 amide bonds. The van der Waals surface area contributed by atoms with Gasteiger partial charge in [0.15, 0.2) is 11.6 Å². The summed E-state index contributed by atoms with van der Waals surface area (Å²) in [4.78, 5) is 31.9. The van der Waals surface area contributed by atoms with Crippen LogP contribution in [0.3, 0.4) is 0 Å². The van der Waals surface area contributed by atoms with Crippen molar-refractivity contribution in [1.29, 1.82) is 0 Å². The third-order valence-electron chi connectivity index (χ3n) is 7.39. The maximum Gasteiger partial charge on any atom is 0.409 e. The molecule has 1 saturated heterocycles. The fraction of sp³-hybridized carbons (Fsp3) is 0.233. The number of aromatic nitrogens is 1. The average Bonchev–Trinajstić information content (AvgIpc) is 3.43. The number of nitrogens with one attached hydrogen (secondary N) is 2. The van der Waals surface area contributed by atoms with Crippen molar-refractivity contribution in [2.45, 2.75) is 43.2 Å². The van der Waals surface area contributed by atoms with Gasteiger partial charge in [-0.1, -0.05) is 13.0 Å². The summed E-state index contributed by atoms with van der Waals surface area (Å²) in [6.45, 7) is 2.29. The lowest BCUT2D eigenvalue weighted by molar-refractivity contribution is -0.133. The third kappa shape index (κ3) is 5.71. The molecule has 0 spiro atoms. The molecule has 5 rings (SSSR count). The highest BCUT2D eigenvalue weighted by molar-refractivity contribution is 7.80. The van der Waals surface area contributed by atoms with Crippen molar-refractivity contribution < 1.29 is 24.2 Å². The number of amides is 2. The standard InChI is InChI=1S/C30H30FN5O4S/c1-2-16-12-22(26(31)24(37)13-16)27(34-18-5-7-20-17(14-18)9-10-33-28(20)32)29(38)36-11-3-4-23(36)21-15-19(35-30(39)40)6-8-25(21)41/h5-10,12-15,23,27,34-35,37,41H,2-4,11H2,1H3,(H2,32,33)(H,39,40)/t23-,27-/m1/s1. The number of hydrogen-bond donors (Lipinski definition) is 6. The summed E-state index contributed by atoms with van der Waals surface area (Å²) in [5.74, 6) is -1.42. The van der Waals surface area contributed by atoms with Gasteiger partial charge in [-0.25, -0.2) is 14.2 Å². The first kappa shape index (κ1) is 28.0. The van der Waals surface area contributed by atoms with E-state index < -0.39 is 35.7 Å². The third-order valence-corrected chi connectivity index (χ3v) is 7.79. The molecule has 0 radical (unpaired) electrons. The number of phenols is 1. The Morgan fingerprint density at radius 2 is 1.95 bits per heavy atom. The van der Waals surface area contributed by atoms with Crippen LogP contribution in [0.4, 0.5) is 26.4 Å². The number of likely N-dealkylation sites (tertiary alicyclic amines) is 1. The topological polar surface area (TPSA) is 141 Å². The van der Waals surface area contributed by atoms with E-state index in [4.69, 9.17) is 5.73 Å². The van der Waals surface area contributed by atoms with Crippen LogP contribution >= 0.6 is 12.6 Å². The lowest BCUT2D eigenvalue weighted by Crippen LogP contribution is -2.38. The number of thiol groups is 1. The minimum absolute atomic E-state index is 0.0271. The first-order valence-electron chi connectivity index (χ1n) is 13.2. The number of carbonyl (C=O) groups excluding carboxylic acids is 1. The van der Waals surface area contributed by atoms with Crippen LogP contribution in [0, 0.1) is 5.82 Å². The molecule has 0 unspecified atom stereocenters. The Labute approximate surface area is 241 Å². The molecule has 1 fully saturated rings. The van der Waals surface area contributed by atoms with Gasteiger partial charge in [0.25, 0.3) is 0 Å². The Balaban J connectivity index is 1.57. The summed E-state index contributed by atoms with van der Waals surface area (Å²) >= 11 is 4.58. The van der Waals surface area contributed by atoms with E-state index in [2.05, 4.69) is 28.2 Å². The molecule has 9 nitrogen and oxygen atoms in total. The van der Waals surface area contributed by atoms with Crippen LogP contribution in [0.15, 0.2) is 65.7 Å². The molecule has 2 atom stereocenters. The quantitative estimate of drug-likeness (QED) is 0.146. The van der Waals surface area contributed by atoms with Crippen LogP contribution in [0.5, 0.6) is 5.75 Å². The van der Waals surface area contributed by atoms with Crippen LogP contribution in [0.1, 0.15) is 48.5 Å². The number of anilines is 3. The second-order valence-electron chi connectivity index (χ2n) is 9.97. The van der Waals surface area contributed by atoms with Crippen molar-refractivity contribution in [3.8, 4) is 5.75 Å². The largest absolute Gasteiger partial charge is 0.505 e. The smallest absolute Gasteiger partial charge is 0.409 e. The number of nitrogens with zero attached hydrogens (tertiary/aromatic N) is 2. The Morgan fingerprint density at radius 1 is 1.17 bits per heavy atom. The molecule has 2 heterocycles. The number of pyridine rings is 1. The second kappa shape index (κ2) is 11.5. The summed E-state index contributed by atoms with van der Waals surface area (Å²) < 4.78 is 15.5. The van der Waals surface area contributed by atoms with Gasteiger partial charge in [-0.05, 0) is 84.3 Å². The number of phenolic OH excluding ortho intramolecular Hbond substituents is 1. The predicted molar refractivity (Wildman–Crippen MR) is 159 cm³/mol. The molecular formula is C30H30FN5O4S. The summed E-state index contributed by atoms with van der Waals surface area (Å²) in [7, 11) is 0. The van der Waals surface area contributed by atoms with Crippen molar-refractivity contribution in [3.63, 3.8) is 0 Å². The van der Waals surface area contributed by atoms with E-state index in [1.807, 2.05) is 13.0 Å². The predicted octanol–water partition coefficient (Wildman–Crippen LogP) is 6.12. The Morgan fingerprint density at radius 3 is 2.71 bits per heavy atom. The maximum atomic E-state index is 15.5. The lowest BCUT2D eigenvalue weighted by atomic mass is 9.98. The number of carbonyl (C=O) groups is 2. The zero-order chi connectivity index (χ0) is 29.3.